The van der Waals surface area contributed by atoms with Crippen molar-refractivity contribution in [1.82, 2.24) is 0 Å². The van der Waals surface area contributed by atoms with E-state index in [1.807, 2.05) is 0 Å². The number of carbonyl (C=O) groups is 2. The zero-order chi connectivity index (χ0) is 19.2. The van der Waals surface area contributed by atoms with E-state index in [2.05, 4.69) is 15.9 Å². The lowest BCUT2D eigenvalue weighted by molar-refractivity contribution is 0.0734. The molecular weight excluding hydrogens is 411 g/mol. The van der Waals surface area contributed by atoms with Gasteiger partial charge >= 0.3 is 5.97 Å². The van der Waals surface area contributed by atoms with Gasteiger partial charge in [-0.2, -0.15) is 0 Å². The van der Waals surface area contributed by atoms with Gasteiger partial charge in [-0.15, -0.1) is 0 Å². The van der Waals surface area contributed by atoms with Crippen molar-refractivity contribution < 1.29 is 18.7 Å². The number of ether oxygens (including phenoxy) is 1. The number of allylic oxidation sites excluding steroid dienone is 1. The molecule has 0 saturated carbocycles. The molecule has 0 aliphatic rings. The minimum atomic E-state index is -0.485. The number of halogens is 2. The Morgan fingerprint density at radius 3 is 2.15 bits per heavy atom. The highest BCUT2D eigenvalue weighted by Crippen LogP contribution is 2.17. The Hall–Kier alpha value is -3.05. The third kappa shape index (κ3) is 4.99. The third-order valence-electron chi connectivity index (χ3n) is 3.75. The molecule has 27 heavy (non-hydrogen) atoms. The molecule has 0 bridgehead atoms. The van der Waals surface area contributed by atoms with Gasteiger partial charge in [0.05, 0.1) is 5.56 Å². The third-order valence-corrected chi connectivity index (χ3v) is 4.28. The van der Waals surface area contributed by atoms with Crippen LogP contribution in [-0.2, 0) is 0 Å². The fourth-order valence-corrected chi connectivity index (χ4v) is 2.58. The maximum Gasteiger partial charge on any atom is 0.343 e. The summed E-state index contributed by atoms with van der Waals surface area (Å²) >= 11 is 3.30. The van der Waals surface area contributed by atoms with Gasteiger partial charge in [0, 0.05) is 15.6 Å². The summed E-state index contributed by atoms with van der Waals surface area (Å²) in [5, 5.41) is 0. The molecule has 0 spiro atoms. The SMILES string of the molecule is O=C(/C=C/c1ccccc1F)c1ccc(OC(=O)c2ccc(Br)cc2)cc1. The topological polar surface area (TPSA) is 43.4 Å². The van der Waals surface area contributed by atoms with Gasteiger partial charge in [0.2, 0.25) is 0 Å². The lowest BCUT2D eigenvalue weighted by Gasteiger charge is -2.05. The lowest BCUT2D eigenvalue weighted by Crippen LogP contribution is -2.08. The van der Waals surface area contributed by atoms with E-state index in [4.69, 9.17) is 4.74 Å². The predicted octanol–water partition coefficient (Wildman–Crippen LogP) is 5.70. The number of hydrogen-bond acceptors (Lipinski definition) is 3. The van der Waals surface area contributed by atoms with Gasteiger partial charge in [-0.3, -0.25) is 4.79 Å². The molecule has 5 heteroatoms. The second-order valence-corrected chi connectivity index (χ2v) is 6.56. The molecule has 0 N–H and O–H groups in total. The molecule has 3 nitrogen and oxygen atoms in total. The van der Waals surface area contributed by atoms with Gasteiger partial charge in [0.1, 0.15) is 11.6 Å². The van der Waals surface area contributed by atoms with Crippen molar-refractivity contribution in [3.05, 3.63) is 106 Å². The Morgan fingerprint density at radius 1 is 0.852 bits per heavy atom. The second-order valence-electron chi connectivity index (χ2n) is 5.64. The Balaban J connectivity index is 1.66. The van der Waals surface area contributed by atoms with Crippen LogP contribution in [0, 0.1) is 5.82 Å². The van der Waals surface area contributed by atoms with E-state index in [9.17, 15) is 14.0 Å². The highest BCUT2D eigenvalue weighted by Gasteiger charge is 2.09. The van der Waals surface area contributed by atoms with Gasteiger partial charge < -0.3 is 4.74 Å². The molecule has 0 unspecified atom stereocenters. The summed E-state index contributed by atoms with van der Waals surface area (Å²) in [5.41, 5.74) is 1.17. The Labute approximate surface area is 164 Å². The summed E-state index contributed by atoms with van der Waals surface area (Å²) in [4.78, 5) is 24.3. The van der Waals surface area contributed by atoms with Crippen LogP contribution in [0.15, 0.2) is 83.3 Å². The Morgan fingerprint density at radius 2 is 1.48 bits per heavy atom. The molecule has 0 amide bonds. The van der Waals surface area contributed by atoms with E-state index < -0.39 is 11.8 Å². The number of rotatable bonds is 5. The van der Waals surface area contributed by atoms with Crippen LogP contribution in [0.4, 0.5) is 4.39 Å². The second kappa shape index (κ2) is 8.56. The van der Waals surface area contributed by atoms with Gasteiger partial charge in [-0.05, 0) is 66.7 Å². The van der Waals surface area contributed by atoms with Crippen LogP contribution >= 0.6 is 15.9 Å². The molecule has 0 heterocycles. The van der Waals surface area contributed by atoms with Crippen LogP contribution in [0.1, 0.15) is 26.3 Å². The minimum Gasteiger partial charge on any atom is -0.423 e. The summed E-state index contributed by atoms with van der Waals surface area (Å²) in [6, 6.07) is 19.2. The van der Waals surface area contributed by atoms with Crippen LogP contribution in [0.5, 0.6) is 5.75 Å². The van der Waals surface area contributed by atoms with Crippen LogP contribution in [0.2, 0.25) is 0 Å². The van der Waals surface area contributed by atoms with Gasteiger partial charge in [0.25, 0.3) is 0 Å². The summed E-state index contributed by atoms with van der Waals surface area (Å²) in [7, 11) is 0. The van der Waals surface area contributed by atoms with E-state index in [-0.39, 0.29) is 5.78 Å². The number of carbonyl (C=O) groups excluding carboxylic acids is 2. The smallest absolute Gasteiger partial charge is 0.343 e. The standard InChI is InChI=1S/C22H14BrFO3/c23-18-10-5-17(6-11-18)22(26)27-19-12-7-16(8-13-19)21(25)14-9-15-3-1-2-4-20(15)24/h1-14H/b14-9+. The normalized spacial score (nSPS) is 10.7. The zero-order valence-electron chi connectivity index (χ0n) is 14.1. The average Bonchev–Trinajstić information content (AvgIpc) is 2.68. The number of benzene rings is 3. The molecule has 0 aliphatic heterocycles. The molecule has 3 rings (SSSR count). The molecule has 3 aromatic carbocycles. The van der Waals surface area contributed by atoms with E-state index in [0.717, 1.165) is 4.47 Å². The van der Waals surface area contributed by atoms with Crippen molar-refractivity contribution in [2.24, 2.45) is 0 Å². The molecule has 0 aliphatic carbocycles. The fraction of sp³-hybridized carbons (Fsp3) is 0. The molecule has 134 valence electrons. The van der Waals surface area contributed by atoms with Crippen molar-refractivity contribution in [3.8, 4) is 5.75 Å². The highest BCUT2D eigenvalue weighted by molar-refractivity contribution is 9.10. The largest absolute Gasteiger partial charge is 0.423 e. The minimum absolute atomic E-state index is 0.274. The van der Waals surface area contributed by atoms with E-state index in [0.29, 0.717) is 22.4 Å². The van der Waals surface area contributed by atoms with Gasteiger partial charge in [0.15, 0.2) is 5.78 Å². The molecule has 0 atom stereocenters. The Kier molecular flexibility index (Phi) is 5.94. The first-order valence-electron chi connectivity index (χ1n) is 8.08. The quantitative estimate of drug-likeness (QED) is 0.228. The van der Waals surface area contributed by atoms with Crippen molar-refractivity contribution in [2.45, 2.75) is 0 Å². The highest BCUT2D eigenvalue weighted by atomic mass is 79.9. The number of ketones is 1. The van der Waals surface area contributed by atoms with E-state index in [1.54, 1.807) is 66.7 Å². The van der Waals surface area contributed by atoms with Crippen LogP contribution < -0.4 is 4.74 Å². The predicted molar refractivity (Wildman–Crippen MR) is 105 cm³/mol. The zero-order valence-corrected chi connectivity index (χ0v) is 15.6. The van der Waals surface area contributed by atoms with Crippen LogP contribution in [-0.4, -0.2) is 11.8 Å². The summed E-state index contributed by atoms with van der Waals surface area (Å²) < 4.78 is 19.7. The average molecular weight is 425 g/mol. The van der Waals surface area contributed by atoms with E-state index >= 15 is 0 Å². The Bertz CT molecular complexity index is 993. The van der Waals surface area contributed by atoms with Crippen molar-refractivity contribution >= 4 is 33.8 Å². The molecule has 0 radical (unpaired) electrons. The van der Waals surface area contributed by atoms with E-state index in [1.165, 1.54) is 18.2 Å². The summed E-state index contributed by atoms with van der Waals surface area (Å²) in [6.07, 6.45) is 2.74. The van der Waals surface area contributed by atoms with Gasteiger partial charge in [-0.1, -0.05) is 34.1 Å². The van der Waals surface area contributed by atoms with Crippen molar-refractivity contribution in [1.29, 1.82) is 0 Å². The molecular formula is C22H14BrFO3. The summed E-state index contributed by atoms with van der Waals surface area (Å²) in [6.45, 7) is 0. The maximum absolute atomic E-state index is 13.6. The first-order valence-corrected chi connectivity index (χ1v) is 8.87. The fourth-order valence-electron chi connectivity index (χ4n) is 2.31. The molecule has 0 aromatic heterocycles. The lowest BCUT2D eigenvalue weighted by atomic mass is 10.1. The number of hydrogen-bond donors (Lipinski definition) is 0. The monoisotopic (exact) mass is 424 g/mol. The molecule has 3 aromatic rings. The van der Waals surface area contributed by atoms with Gasteiger partial charge in [-0.25, -0.2) is 9.18 Å². The number of esters is 1. The molecule has 0 saturated heterocycles. The van der Waals surface area contributed by atoms with Crippen LogP contribution in [0.3, 0.4) is 0 Å². The van der Waals surface area contributed by atoms with Crippen molar-refractivity contribution in [2.75, 3.05) is 0 Å². The van der Waals surface area contributed by atoms with Crippen LogP contribution in [0.25, 0.3) is 6.08 Å². The van der Waals surface area contributed by atoms with Crippen molar-refractivity contribution in [3.63, 3.8) is 0 Å². The summed E-state index contributed by atoms with van der Waals surface area (Å²) in [5.74, 6) is -0.820. The first-order chi connectivity index (χ1) is 13.0. The first kappa shape index (κ1) is 18.7. The molecule has 0 fully saturated rings. The maximum atomic E-state index is 13.6.